The van der Waals surface area contributed by atoms with Gasteiger partial charge in [0.05, 0.1) is 22.8 Å². The Hall–Kier alpha value is -0.440. The zero-order valence-corrected chi connectivity index (χ0v) is 10.9. The van der Waals surface area contributed by atoms with Crippen LogP contribution in [0.3, 0.4) is 0 Å². The molecule has 2 nitrogen and oxygen atoms in total. The largest absolute Gasteiger partial charge is 0.493 e. The second-order valence-electron chi connectivity index (χ2n) is 4.02. The molecule has 0 saturated carbocycles. The Bertz CT molecular complexity index is 340. The first kappa shape index (κ1) is 13.6. The molecule has 0 aliphatic carbocycles. The van der Waals surface area contributed by atoms with Crippen molar-refractivity contribution in [1.29, 1.82) is 0 Å². The maximum atomic E-state index is 9.58. The van der Waals surface area contributed by atoms with E-state index < -0.39 is 0 Å². The number of ether oxygens (including phenoxy) is 1. The van der Waals surface area contributed by atoms with E-state index in [1.165, 1.54) is 0 Å². The van der Waals surface area contributed by atoms with Crippen molar-refractivity contribution in [3.05, 3.63) is 28.2 Å². The van der Waals surface area contributed by atoms with E-state index in [0.29, 0.717) is 28.8 Å². The molecule has 1 aromatic rings. The maximum absolute atomic E-state index is 9.58. The van der Waals surface area contributed by atoms with Gasteiger partial charge in [0.25, 0.3) is 0 Å². The first-order chi connectivity index (χ1) is 7.50. The van der Waals surface area contributed by atoms with Gasteiger partial charge in [-0.15, -0.1) is 0 Å². The van der Waals surface area contributed by atoms with Crippen LogP contribution >= 0.6 is 23.2 Å². The third-order valence-electron chi connectivity index (χ3n) is 2.34. The molecule has 1 N–H and O–H groups in total. The van der Waals surface area contributed by atoms with Crippen molar-refractivity contribution in [2.24, 2.45) is 5.92 Å². The summed E-state index contributed by atoms with van der Waals surface area (Å²) in [4.78, 5) is 0. The molecule has 1 aromatic carbocycles. The Morgan fingerprint density at radius 2 is 1.94 bits per heavy atom. The number of hydrogen-bond acceptors (Lipinski definition) is 2. The monoisotopic (exact) mass is 262 g/mol. The van der Waals surface area contributed by atoms with Crippen LogP contribution in [0.4, 0.5) is 0 Å². The molecule has 0 heterocycles. The molecule has 0 radical (unpaired) electrons. The zero-order valence-electron chi connectivity index (χ0n) is 9.41. The van der Waals surface area contributed by atoms with Gasteiger partial charge in [-0.25, -0.2) is 0 Å². The van der Waals surface area contributed by atoms with Crippen molar-refractivity contribution >= 4 is 23.2 Å². The lowest BCUT2D eigenvalue weighted by atomic mass is 10.1. The Balaban J connectivity index is 2.40. The number of aliphatic hydroxyl groups excluding tert-OH is 1. The van der Waals surface area contributed by atoms with Crippen LogP contribution in [0.25, 0.3) is 0 Å². The number of halogens is 2. The number of hydrogen-bond donors (Lipinski definition) is 1. The summed E-state index contributed by atoms with van der Waals surface area (Å²) in [5, 5.41) is 10.6. The lowest BCUT2D eigenvalue weighted by Crippen LogP contribution is -2.17. The van der Waals surface area contributed by atoms with E-state index in [-0.39, 0.29) is 12.0 Å². The van der Waals surface area contributed by atoms with Crippen LogP contribution in [0.2, 0.25) is 10.0 Å². The van der Waals surface area contributed by atoms with Crippen molar-refractivity contribution in [2.45, 2.75) is 26.4 Å². The molecule has 1 atom stereocenters. The highest BCUT2D eigenvalue weighted by Gasteiger charge is 2.09. The molecule has 0 bridgehead atoms. The fourth-order valence-corrected chi connectivity index (χ4v) is 1.49. The van der Waals surface area contributed by atoms with Crippen LogP contribution in [-0.4, -0.2) is 17.8 Å². The van der Waals surface area contributed by atoms with Gasteiger partial charge in [0, 0.05) is 12.5 Å². The maximum Gasteiger partial charge on any atom is 0.120 e. The predicted molar refractivity (Wildman–Crippen MR) is 67.4 cm³/mol. The Labute approximate surface area is 106 Å². The van der Waals surface area contributed by atoms with E-state index in [4.69, 9.17) is 27.9 Å². The van der Waals surface area contributed by atoms with Crippen molar-refractivity contribution < 1.29 is 9.84 Å². The number of benzene rings is 1. The topological polar surface area (TPSA) is 29.5 Å². The second-order valence-corrected chi connectivity index (χ2v) is 4.84. The van der Waals surface area contributed by atoms with Crippen molar-refractivity contribution in [1.82, 2.24) is 0 Å². The highest BCUT2D eigenvalue weighted by atomic mass is 35.5. The molecule has 0 aliphatic rings. The lowest BCUT2D eigenvalue weighted by molar-refractivity contribution is 0.0976. The summed E-state index contributed by atoms with van der Waals surface area (Å²) in [5.41, 5.74) is 0. The first-order valence-corrected chi connectivity index (χ1v) is 6.02. The molecule has 1 rings (SSSR count). The van der Waals surface area contributed by atoms with Crippen molar-refractivity contribution in [3.63, 3.8) is 0 Å². The van der Waals surface area contributed by atoms with Gasteiger partial charge < -0.3 is 9.84 Å². The third-order valence-corrected chi connectivity index (χ3v) is 3.08. The van der Waals surface area contributed by atoms with Crippen LogP contribution < -0.4 is 4.74 Å². The molecular formula is C12H16Cl2O2. The van der Waals surface area contributed by atoms with Crippen LogP contribution in [0.15, 0.2) is 18.2 Å². The van der Waals surface area contributed by atoms with E-state index in [9.17, 15) is 5.11 Å². The Morgan fingerprint density at radius 3 is 2.50 bits per heavy atom. The number of aliphatic hydroxyl groups is 1. The molecule has 0 amide bonds. The average Bonchev–Trinajstić information content (AvgIpc) is 2.23. The standard InChI is InChI=1S/C12H16Cl2O2/c1-8(2)12(15)5-6-16-9-3-4-10(13)11(14)7-9/h3-4,7-8,12,15H,5-6H2,1-2H3. The van der Waals surface area contributed by atoms with Crippen LogP contribution in [0, 0.1) is 5.92 Å². The smallest absolute Gasteiger partial charge is 0.120 e. The second kappa shape index (κ2) is 6.33. The Morgan fingerprint density at radius 1 is 1.25 bits per heavy atom. The van der Waals surface area contributed by atoms with Crippen molar-refractivity contribution in [3.8, 4) is 5.75 Å². The first-order valence-electron chi connectivity index (χ1n) is 5.26. The minimum absolute atomic E-state index is 0.248. The molecule has 16 heavy (non-hydrogen) atoms. The van der Waals surface area contributed by atoms with Crippen LogP contribution in [-0.2, 0) is 0 Å². The van der Waals surface area contributed by atoms with Gasteiger partial charge >= 0.3 is 0 Å². The van der Waals surface area contributed by atoms with Crippen molar-refractivity contribution in [2.75, 3.05) is 6.61 Å². The highest BCUT2D eigenvalue weighted by molar-refractivity contribution is 6.42. The van der Waals surface area contributed by atoms with Gasteiger partial charge in [-0.05, 0) is 18.1 Å². The fraction of sp³-hybridized carbons (Fsp3) is 0.500. The van der Waals surface area contributed by atoms with Crippen LogP contribution in [0.1, 0.15) is 20.3 Å². The minimum Gasteiger partial charge on any atom is -0.493 e. The van der Waals surface area contributed by atoms with E-state index in [1.54, 1.807) is 18.2 Å². The minimum atomic E-state index is -0.331. The molecule has 0 fully saturated rings. The normalized spacial score (nSPS) is 12.9. The lowest BCUT2D eigenvalue weighted by Gasteiger charge is -2.14. The molecule has 4 heteroatoms. The van der Waals surface area contributed by atoms with E-state index in [2.05, 4.69) is 0 Å². The number of rotatable bonds is 5. The van der Waals surface area contributed by atoms with E-state index >= 15 is 0 Å². The quantitative estimate of drug-likeness (QED) is 0.876. The Kier molecular flexibility index (Phi) is 5.39. The summed E-state index contributed by atoms with van der Waals surface area (Å²) in [5.74, 6) is 0.919. The summed E-state index contributed by atoms with van der Waals surface area (Å²) < 4.78 is 5.46. The van der Waals surface area contributed by atoms with Gasteiger partial charge in [0.15, 0.2) is 0 Å². The van der Waals surface area contributed by atoms with Gasteiger partial charge in [-0.3, -0.25) is 0 Å². The van der Waals surface area contributed by atoms with E-state index in [1.807, 2.05) is 13.8 Å². The van der Waals surface area contributed by atoms with Gasteiger partial charge in [0.1, 0.15) is 5.75 Å². The molecular weight excluding hydrogens is 247 g/mol. The van der Waals surface area contributed by atoms with Gasteiger partial charge in [-0.2, -0.15) is 0 Å². The van der Waals surface area contributed by atoms with Gasteiger partial charge in [0.2, 0.25) is 0 Å². The SMILES string of the molecule is CC(C)C(O)CCOc1ccc(Cl)c(Cl)c1. The third kappa shape index (κ3) is 4.20. The predicted octanol–water partition coefficient (Wildman–Crippen LogP) is 3.78. The zero-order chi connectivity index (χ0) is 12.1. The van der Waals surface area contributed by atoms with Gasteiger partial charge in [-0.1, -0.05) is 37.0 Å². The molecule has 0 aromatic heterocycles. The summed E-state index contributed by atoms with van der Waals surface area (Å²) >= 11 is 11.6. The van der Waals surface area contributed by atoms with E-state index in [0.717, 1.165) is 0 Å². The molecule has 0 spiro atoms. The fourth-order valence-electron chi connectivity index (χ4n) is 1.20. The summed E-state index contributed by atoms with van der Waals surface area (Å²) in [6.07, 6.45) is 0.278. The molecule has 0 saturated heterocycles. The molecule has 90 valence electrons. The summed E-state index contributed by atoms with van der Waals surface area (Å²) in [6.45, 7) is 4.42. The summed E-state index contributed by atoms with van der Waals surface area (Å²) in [6, 6.07) is 5.12. The molecule has 1 unspecified atom stereocenters. The van der Waals surface area contributed by atoms with Crippen LogP contribution in [0.5, 0.6) is 5.75 Å². The average molecular weight is 263 g/mol. The highest BCUT2D eigenvalue weighted by Crippen LogP contribution is 2.26. The summed E-state index contributed by atoms with van der Waals surface area (Å²) in [7, 11) is 0. The molecule has 0 aliphatic heterocycles.